The molecule has 0 fully saturated rings. The molecule has 0 spiro atoms. The largest absolute Gasteiger partial charge is 0.467 e. The predicted octanol–water partition coefficient (Wildman–Crippen LogP) is 2.55. The molecule has 2 heterocycles. The Labute approximate surface area is 107 Å². The number of aromatic nitrogens is 2. The van der Waals surface area contributed by atoms with Gasteiger partial charge in [-0.05, 0) is 30.7 Å². The van der Waals surface area contributed by atoms with Gasteiger partial charge < -0.3 is 9.73 Å². The van der Waals surface area contributed by atoms with Crippen LogP contribution in [0.15, 0.2) is 22.8 Å². The number of anilines is 1. The van der Waals surface area contributed by atoms with E-state index in [1.165, 1.54) is 13.2 Å². The summed E-state index contributed by atoms with van der Waals surface area (Å²) in [4.78, 5) is 18.0. The standard InChI is InChI=1S/C10H9ClN4O3/c1-6-8(15(16)17)9(14-10(11)13-6)12-5-7-3-2-4-18-7/h2-4H,5H2,1H3,(H,12,13,14). The molecule has 18 heavy (non-hydrogen) atoms. The Bertz CT molecular complexity index is 571. The van der Waals surface area contributed by atoms with Crippen molar-refractivity contribution in [3.8, 4) is 0 Å². The normalized spacial score (nSPS) is 10.3. The van der Waals surface area contributed by atoms with Crippen molar-refractivity contribution in [2.75, 3.05) is 5.32 Å². The molecule has 0 aliphatic carbocycles. The molecule has 0 radical (unpaired) electrons. The third-order valence-corrected chi connectivity index (χ3v) is 2.39. The summed E-state index contributed by atoms with van der Waals surface area (Å²) in [5, 5.41) is 13.7. The average molecular weight is 269 g/mol. The summed E-state index contributed by atoms with van der Waals surface area (Å²) in [5.41, 5.74) is 0.0212. The third kappa shape index (κ3) is 2.57. The molecule has 94 valence electrons. The Morgan fingerprint density at radius 2 is 2.33 bits per heavy atom. The molecular formula is C10H9ClN4O3. The number of furan rings is 1. The fourth-order valence-electron chi connectivity index (χ4n) is 1.46. The molecule has 0 atom stereocenters. The van der Waals surface area contributed by atoms with E-state index in [2.05, 4.69) is 15.3 Å². The first-order valence-electron chi connectivity index (χ1n) is 5.02. The van der Waals surface area contributed by atoms with Gasteiger partial charge in [0.25, 0.3) is 0 Å². The lowest BCUT2D eigenvalue weighted by Crippen LogP contribution is -2.07. The zero-order valence-electron chi connectivity index (χ0n) is 9.38. The Hall–Kier alpha value is -2.15. The number of aryl methyl sites for hydroxylation is 1. The molecule has 2 aromatic rings. The average Bonchev–Trinajstić information content (AvgIpc) is 2.77. The highest BCUT2D eigenvalue weighted by Gasteiger charge is 2.21. The smallest absolute Gasteiger partial charge is 0.332 e. The fraction of sp³-hybridized carbons (Fsp3) is 0.200. The second-order valence-corrected chi connectivity index (χ2v) is 3.80. The summed E-state index contributed by atoms with van der Waals surface area (Å²) in [6.45, 7) is 1.78. The van der Waals surface area contributed by atoms with E-state index < -0.39 is 4.92 Å². The third-order valence-electron chi connectivity index (χ3n) is 2.22. The van der Waals surface area contributed by atoms with Crippen molar-refractivity contribution in [3.63, 3.8) is 0 Å². The molecule has 2 aromatic heterocycles. The summed E-state index contributed by atoms with van der Waals surface area (Å²) >= 11 is 5.68. The van der Waals surface area contributed by atoms with E-state index in [9.17, 15) is 10.1 Å². The van der Waals surface area contributed by atoms with Crippen LogP contribution in [0.2, 0.25) is 5.28 Å². The van der Waals surface area contributed by atoms with Crippen LogP contribution in [0.4, 0.5) is 11.5 Å². The lowest BCUT2D eigenvalue weighted by Gasteiger charge is -2.06. The van der Waals surface area contributed by atoms with Crippen molar-refractivity contribution in [2.24, 2.45) is 0 Å². The van der Waals surface area contributed by atoms with E-state index in [1.54, 1.807) is 12.1 Å². The molecule has 1 N–H and O–H groups in total. The van der Waals surface area contributed by atoms with Crippen molar-refractivity contribution in [1.29, 1.82) is 0 Å². The Kier molecular flexibility index (Phi) is 3.42. The Morgan fingerprint density at radius 3 is 2.94 bits per heavy atom. The maximum Gasteiger partial charge on any atom is 0.332 e. The van der Waals surface area contributed by atoms with Crippen LogP contribution in [0.25, 0.3) is 0 Å². The highest BCUT2D eigenvalue weighted by molar-refractivity contribution is 6.28. The highest BCUT2D eigenvalue weighted by Crippen LogP contribution is 2.26. The fourth-order valence-corrected chi connectivity index (χ4v) is 1.67. The van der Waals surface area contributed by atoms with Gasteiger partial charge in [0.05, 0.1) is 17.7 Å². The summed E-state index contributed by atoms with van der Waals surface area (Å²) in [5.74, 6) is 0.714. The number of nitro groups is 1. The Morgan fingerprint density at radius 1 is 1.56 bits per heavy atom. The van der Waals surface area contributed by atoms with E-state index in [4.69, 9.17) is 16.0 Å². The molecule has 0 bridgehead atoms. The topological polar surface area (TPSA) is 94.1 Å². The molecule has 7 nitrogen and oxygen atoms in total. The number of nitrogens with zero attached hydrogens (tertiary/aromatic N) is 3. The van der Waals surface area contributed by atoms with E-state index in [1.807, 2.05) is 0 Å². The summed E-state index contributed by atoms with van der Waals surface area (Å²) in [6.07, 6.45) is 1.52. The van der Waals surface area contributed by atoms with Gasteiger partial charge >= 0.3 is 5.69 Å². The van der Waals surface area contributed by atoms with Crippen molar-refractivity contribution in [3.05, 3.63) is 45.2 Å². The Balaban J connectivity index is 2.28. The van der Waals surface area contributed by atoms with Crippen LogP contribution in [-0.4, -0.2) is 14.9 Å². The van der Waals surface area contributed by atoms with Crippen LogP contribution >= 0.6 is 11.6 Å². The van der Waals surface area contributed by atoms with E-state index in [0.29, 0.717) is 5.76 Å². The monoisotopic (exact) mass is 268 g/mol. The molecule has 0 unspecified atom stereocenters. The van der Waals surface area contributed by atoms with Crippen molar-refractivity contribution < 1.29 is 9.34 Å². The molecule has 0 saturated carbocycles. The zero-order valence-corrected chi connectivity index (χ0v) is 10.1. The van der Waals surface area contributed by atoms with E-state index >= 15 is 0 Å². The SMILES string of the molecule is Cc1nc(Cl)nc(NCc2ccco2)c1[N+](=O)[O-]. The van der Waals surface area contributed by atoms with Gasteiger partial charge in [0.15, 0.2) is 0 Å². The quantitative estimate of drug-likeness (QED) is 0.520. The number of halogens is 1. The van der Waals surface area contributed by atoms with Crippen molar-refractivity contribution in [2.45, 2.75) is 13.5 Å². The number of rotatable bonds is 4. The first kappa shape index (κ1) is 12.3. The molecule has 0 aromatic carbocycles. The van der Waals surface area contributed by atoms with Crippen LogP contribution in [0, 0.1) is 17.0 Å². The van der Waals surface area contributed by atoms with Crippen LogP contribution in [0.3, 0.4) is 0 Å². The van der Waals surface area contributed by atoms with Crippen LogP contribution < -0.4 is 5.32 Å². The van der Waals surface area contributed by atoms with Gasteiger partial charge in [0.1, 0.15) is 11.5 Å². The predicted molar refractivity (Wildman–Crippen MR) is 64.5 cm³/mol. The molecule has 2 rings (SSSR count). The lowest BCUT2D eigenvalue weighted by molar-refractivity contribution is -0.385. The van der Waals surface area contributed by atoms with Crippen LogP contribution in [0.5, 0.6) is 0 Å². The maximum atomic E-state index is 10.9. The minimum Gasteiger partial charge on any atom is -0.467 e. The first-order chi connectivity index (χ1) is 8.58. The van der Waals surface area contributed by atoms with E-state index in [0.717, 1.165) is 0 Å². The highest BCUT2D eigenvalue weighted by atomic mass is 35.5. The summed E-state index contributed by atoms with van der Waals surface area (Å²) < 4.78 is 5.11. The molecule has 0 aliphatic rings. The molecule has 0 saturated heterocycles. The minimum absolute atomic E-state index is 0.0416. The van der Waals surface area contributed by atoms with Gasteiger partial charge in [-0.15, -0.1) is 0 Å². The van der Waals surface area contributed by atoms with Gasteiger partial charge in [-0.1, -0.05) is 0 Å². The summed E-state index contributed by atoms with van der Waals surface area (Å²) in [6, 6.07) is 3.47. The van der Waals surface area contributed by atoms with Gasteiger partial charge in [-0.25, -0.2) is 4.98 Å². The molecule has 0 amide bonds. The minimum atomic E-state index is -0.546. The van der Waals surface area contributed by atoms with Gasteiger partial charge in [-0.2, -0.15) is 4.98 Å². The van der Waals surface area contributed by atoms with E-state index in [-0.39, 0.29) is 29.0 Å². The molecule has 0 aliphatic heterocycles. The maximum absolute atomic E-state index is 10.9. The molecule has 8 heteroatoms. The van der Waals surface area contributed by atoms with Crippen LogP contribution in [-0.2, 0) is 6.54 Å². The molecular weight excluding hydrogens is 260 g/mol. The number of hydrogen-bond donors (Lipinski definition) is 1. The van der Waals surface area contributed by atoms with Gasteiger partial charge in [-0.3, -0.25) is 10.1 Å². The first-order valence-corrected chi connectivity index (χ1v) is 5.40. The van der Waals surface area contributed by atoms with Crippen molar-refractivity contribution >= 4 is 23.1 Å². The lowest BCUT2D eigenvalue weighted by atomic mass is 10.3. The van der Waals surface area contributed by atoms with Crippen LogP contribution in [0.1, 0.15) is 11.5 Å². The number of nitrogens with one attached hydrogen (secondary N) is 1. The second-order valence-electron chi connectivity index (χ2n) is 3.47. The number of hydrogen-bond acceptors (Lipinski definition) is 6. The zero-order chi connectivity index (χ0) is 13.1. The van der Waals surface area contributed by atoms with Gasteiger partial charge in [0, 0.05) is 0 Å². The summed E-state index contributed by atoms with van der Waals surface area (Å²) in [7, 11) is 0. The van der Waals surface area contributed by atoms with Gasteiger partial charge in [0.2, 0.25) is 11.1 Å². The van der Waals surface area contributed by atoms with Crippen molar-refractivity contribution in [1.82, 2.24) is 9.97 Å². The second kappa shape index (κ2) is 5.01.